The van der Waals surface area contributed by atoms with Crippen molar-refractivity contribution in [2.75, 3.05) is 10.1 Å². The maximum Gasteiger partial charge on any atom is 0.261 e. The van der Waals surface area contributed by atoms with E-state index < -0.39 is 15.8 Å². The van der Waals surface area contributed by atoms with Crippen molar-refractivity contribution in [3.8, 4) is 0 Å². The minimum Gasteiger partial charge on any atom is -0.324 e. The number of nitrogens with one attached hydrogen (secondary N) is 2. The number of sulfonamides is 1. The standard InChI is InChI=1S/C12H11BrFN3O2S/c13-8-1-6-11(14)12(7-8)17-20(18,19)10-4-2-9(16-15)3-5-10/h1-7,16-17H,15H2. The van der Waals surface area contributed by atoms with Crippen LogP contribution in [-0.4, -0.2) is 8.42 Å². The van der Waals surface area contributed by atoms with Crippen LogP contribution in [0.25, 0.3) is 0 Å². The van der Waals surface area contributed by atoms with Gasteiger partial charge in [-0.05, 0) is 42.5 Å². The quantitative estimate of drug-likeness (QED) is 0.578. The zero-order valence-corrected chi connectivity index (χ0v) is 12.5. The predicted octanol–water partition coefficient (Wildman–Crippen LogP) is 2.67. The first-order chi connectivity index (χ1) is 9.42. The molecule has 2 rings (SSSR count). The van der Waals surface area contributed by atoms with Crippen LogP contribution in [0.5, 0.6) is 0 Å². The van der Waals surface area contributed by atoms with E-state index in [1.165, 1.54) is 42.5 Å². The lowest BCUT2D eigenvalue weighted by Gasteiger charge is -2.10. The van der Waals surface area contributed by atoms with Crippen LogP contribution in [0.15, 0.2) is 51.8 Å². The van der Waals surface area contributed by atoms with Crippen molar-refractivity contribution in [3.05, 3.63) is 52.8 Å². The van der Waals surface area contributed by atoms with Gasteiger partial charge in [0, 0.05) is 10.2 Å². The summed E-state index contributed by atoms with van der Waals surface area (Å²) < 4.78 is 40.6. The molecule has 5 nitrogen and oxygen atoms in total. The average molecular weight is 360 g/mol. The van der Waals surface area contributed by atoms with Crippen LogP contribution in [0.1, 0.15) is 0 Å². The number of hydrogen-bond donors (Lipinski definition) is 3. The van der Waals surface area contributed by atoms with Crippen LogP contribution < -0.4 is 16.0 Å². The number of anilines is 2. The normalized spacial score (nSPS) is 11.2. The first-order valence-corrected chi connectivity index (χ1v) is 7.74. The SMILES string of the molecule is NNc1ccc(S(=O)(=O)Nc2cc(Br)ccc2F)cc1. The van der Waals surface area contributed by atoms with E-state index >= 15 is 0 Å². The van der Waals surface area contributed by atoms with Crippen molar-refractivity contribution >= 4 is 37.3 Å². The molecule has 20 heavy (non-hydrogen) atoms. The third-order valence-electron chi connectivity index (χ3n) is 2.50. The van der Waals surface area contributed by atoms with E-state index in [9.17, 15) is 12.8 Å². The highest BCUT2D eigenvalue weighted by molar-refractivity contribution is 9.10. The second-order valence-corrected chi connectivity index (χ2v) is 6.50. The molecule has 0 saturated carbocycles. The number of benzene rings is 2. The molecule has 2 aromatic rings. The summed E-state index contributed by atoms with van der Waals surface area (Å²) in [6.07, 6.45) is 0. The highest BCUT2D eigenvalue weighted by Gasteiger charge is 2.16. The maximum absolute atomic E-state index is 13.6. The van der Waals surface area contributed by atoms with Crippen molar-refractivity contribution < 1.29 is 12.8 Å². The summed E-state index contributed by atoms with van der Waals surface area (Å²) in [7, 11) is -3.86. The van der Waals surface area contributed by atoms with Gasteiger partial charge in [0.05, 0.1) is 10.6 Å². The molecule has 0 unspecified atom stereocenters. The summed E-state index contributed by atoms with van der Waals surface area (Å²) in [6.45, 7) is 0. The minimum absolute atomic E-state index is 0.0101. The van der Waals surface area contributed by atoms with Gasteiger partial charge in [-0.2, -0.15) is 0 Å². The van der Waals surface area contributed by atoms with Crippen LogP contribution in [0, 0.1) is 5.82 Å². The van der Waals surface area contributed by atoms with Gasteiger partial charge >= 0.3 is 0 Å². The number of nitrogen functional groups attached to an aromatic ring is 1. The summed E-state index contributed by atoms with van der Waals surface area (Å²) in [5.41, 5.74) is 2.83. The van der Waals surface area contributed by atoms with Crippen molar-refractivity contribution in [2.45, 2.75) is 4.90 Å². The average Bonchev–Trinajstić information content (AvgIpc) is 2.43. The molecule has 8 heteroatoms. The maximum atomic E-state index is 13.6. The monoisotopic (exact) mass is 359 g/mol. The molecule has 0 heterocycles. The fourth-order valence-corrected chi connectivity index (χ4v) is 2.93. The Kier molecular flexibility index (Phi) is 4.26. The van der Waals surface area contributed by atoms with E-state index in [1.807, 2.05) is 0 Å². The Hall–Kier alpha value is -1.64. The number of halogens is 2. The molecule has 0 bridgehead atoms. The Morgan fingerprint density at radius 1 is 1.10 bits per heavy atom. The first kappa shape index (κ1) is 14.8. The summed E-state index contributed by atoms with van der Waals surface area (Å²) in [5, 5.41) is 0. The molecule has 0 aliphatic rings. The highest BCUT2D eigenvalue weighted by Crippen LogP contribution is 2.23. The van der Waals surface area contributed by atoms with E-state index in [1.54, 1.807) is 0 Å². The van der Waals surface area contributed by atoms with Gasteiger partial charge in [0.2, 0.25) is 0 Å². The smallest absolute Gasteiger partial charge is 0.261 e. The van der Waals surface area contributed by atoms with Crippen LogP contribution in [-0.2, 0) is 10.0 Å². The van der Waals surface area contributed by atoms with E-state index in [4.69, 9.17) is 5.84 Å². The molecule has 0 spiro atoms. The molecule has 106 valence electrons. The zero-order valence-electron chi connectivity index (χ0n) is 10.1. The molecule has 0 radical (unpaired) electrons. The first-order valence-electron chi connectivity index (χ1n) is 5.47. The van der Waals surface area contributed by atoms with E-state index in [2.05, 4.69) is 26.1 Å². The van der Waals surface area contributed by atoms with Crippen LogP contribution in [0.3, 0.4) is 0 Å². The summed E-state index contributed by atoms with van der Waals surface area (Å²) in [6, 6.07) is 9.75. The Morgan fingerprint density at radius 3 is 2.35 bits per heavy atom. The topological polar surface area (TPSA) is 84.2 Å². The van der Waals surface area contributed by atoms with Crippen molar-refractivity contribution in [1.82, 2.24) is 0 Å². The molecule has 0 atom stereocenters. The van der Waals surface area contributed by atoms with Crippen LogP contribution in [0.2, 0.25) is 0 Å². The fraction of sp³-hybridized carbons (Fsp3) is 0. The highest BCUT2D eigenvalue weighted by atomic mass is 79.9. The summed E-state index contributed by atoms with van der Waals surface area (Å²) >= 11 is 3.16. The Bertz CT molecular complexity index is 720. The van der Waals surface area contributed by atoms with E-state index in [0.717, 1.165) is 0 Å². The molecular formula is C12H11BrFN3O2S. The number of rotatable bonds is 4. The Labute approximate surface area is 124 Å². The third-order valence-corrected chi connectivity index (χ3v) is 4.38. The van der Waals surface area contributed by atoms with Crippen molar-refractivity contribution in [3.63, 3.8) is 0 Å². The van der Waals surface area contributed by atoms with Gasteiger partial charge in [0.15, 0.2) is 0 Å². The number of hydrazine groups is 1. The van der Waals surface area contributed by atoms with Crippen LogP contribution >= 0.6 is 15.9 Å². The number of hydrogen-bond acceptors (Lipinski definition) is 4. The van der Waals surface area contributed by atoms with Gasteiger partial charge in [0.1, 0.15) is 5.82 Å². The van der Waals surface area contributed by atoms with Gasteiger partial charge in [-0.25, -0.2) is 12.8 Å². The molecule has 4 N–H and O–H groups in total. The Morgan fingerprint density at radius 2 is 1.75 bits per heavy atom. The van der Waals surface area contributed by atoms with Gasteiger partial charge < -0.3 is 5.43 Å². The van der Waals surface area contributed by atoms with Crippen LogP contribution in [0.4, 0.5) is 15.8 Å². The molecular weight excluding hydrogens is 349 g/mol. The zero-order chi connectivity index (χ0) is 14.8. The molecule has 0 aliphatic carbocycles. The third kappa shape index (κ3) is 3.27. The molecule has 0 saturated heterocycles. The molecule has 2 aromatic carbocycles. The summed E-state index contributed by atoms with van der Waals surface area (Å²) in [4.78, 5) is 0.0101. The minimum atomic E-state index is -3.86. The lowest BCUT2D eigenvalue weighted by molar-refractivity contribution is 0.598. The molecule has 0 aromatic heterocycles. The molecule has 0 amide bonds. The van der Waals surface area contributed by atoms with Crippen molar-refractivity contribution in [1.29, 1.82) is 0 Å². The lowest BCUT2D eigenvalue weighted by Crippen LogP contribution is -2.14. The number of nitrogens with two attached hydrogens (primary N) is 1. The van der Waals surface area contributed by atoms with Gasteiger partial charge in [-0.1, -0.05) is 15.9 Å². The van der Waals surface area contributed by atoms with Gasteiger partial charge in [-0.15, -0.1) is 0 Å². The van der Waals surface area contributed by atoms with E-state index in [0.29, 0.717) is 10.2 Å². The second-order valence-electron chi connectivity index (χ2n) is 3.90. The largest absolute Gasteiger partial charge is 0.324 e. The predicted molar refractivity (Wildman–Crippen MR) is 79.2 cm³/mol. The summed E-state index contributed by atoms with van der Waals surface area (Å²) in [5.74, 6) is 4.54. The van der Waals surface area contributed by atoms with E-state index in [-0.39, 0.29) is 10.6 Å². The molecule has 0 fully saturated rings. The van der Waals surface area contributed by atoms with Crippen molar-refractivity contribution in [2.24, 2.45) is 5.84 Å². The van der Waals surface area contributed by atoms with Gasteiger partial charge in [0.25, 0.3) is 10.0 Å². The fourth-order valence-electron chi connectivity index (χ4n) is 1.51. The molecule has 0 aliphatic heterocycles. The van der Waals surface area contributed by atoms with Gasteiger partial charge in [-0.3, -0.25) is 10.6 Å². The second kappa shape index (κ2) is 5.78. The Balaban J connectivity index is 2.32. The lowest BCUT2D eigenvalue weighted by atomic mass is 10.3.